The van der Waals surface area contributed by atoms with Crippen molar-refractivity contribution in [2.24, 2.45) is 0 Å². The van der Waals surface area contributed by atoms with Crippen LogP contribution in [-0.4, -0.2) is 48.1 Å². The van der Waals surface area contributed by atoms with Crippen molar-refractivity contribution >= 4 is 52.8 Å². The zero-order valence-corrected chi connectivity index (χ0v) is 16.6. The molecule has 142 valence electrons. The molecule has 1 N–H and O–H groups in total. The van der Waals surface area contributed by atoms with Crippen LogP contribution < -0.4 is 5.32 Å². The normalized spacial score (nSPS) is 20.4. The third-order valence-corrected chi connectivity index (χ3v) is 4.95. The number of carbonyl (C=O) groups excluding carboxylic acids is 3. The molecule has 1 fully saturated rings. The Morgan fingerprint density at radius 1 is 1.42 bits per heavy atom. The molecule has 0 aliphatic carbocycles. The summed E-state index contributed by atoms with van der Waals surface area (Å²) in [6.07, 6.45) is 1.30. The lowest BCUT2D eigenvalue weighted by atomic mass is 10.1. The summed E-state index contributed by atoms with van der Waals surface area (Å²) in [6.45, 7) is 1.72. The molecule has 9 heteroatoms. The van der Waals surface area contributed by atoms with Crippen molar-refractivity contribution in [3.05, 3.63) is 33.8 Å². The molecule has 1 aliphatic rings. The van der Waals surface area contributed by atoms with Gasteiger partial charge in [0.05, 0.1) is 10.6 Å². The van der Waals surface area contributed by atoms with Crippen molar-refractivity contribution in [3.63, 3.8) is 0 Å². The second kappa shape index (κ2) is 9.48. The van der Waals surface area contributed by atoms with E-state index < -0.39 is 30.0 Å². The van der Waals surface area contributed by atoms with Gasteiger partial charge in [-0.1, -0.05) is 23.2 Å². The summed E-state index contributed by atoms with van der Waals surface area (Å²) in [5.74, 6) is -1.13. The molecule has 1 aromatic rings. The number of cyclic esters (lactones) is 1. The van der Waals surface area contributed by atoms with Crippen LogP contribution in [0.15, 0.2) is 18.2 Å². The first-order chi connectivity index (χ1) is 12.3. The Labute approximate surface area is 165 Å². The van der Waals surface area contributed by atoms with Crippen molar-refractivity contribution in [1.82, 2.24) is 5.32 Å². The number of halogens is 2. The molecular formula is C17H19Cl2NO5S. The Balaban J connectivity index is 2.07. The first-order valence-corrected chi connectivity index (χ1v) is 10.1. The highest BCUT2D eigenvalue weighted by Gasteiger charge is 2.37. The summed E-state index contributed by atoms with van der Waals surface area (Å²) >= 11 is 13.4. The number of carbonyl (C=O) groups is 3. The number of hydrogen-bond donors (Lipinski definition) is 1. The zero-order chi connectivity index (χ0) is 19.3. The van der Waals surface area contributed by atoms with Gasteiger partial charge in [-0.15, -0.1) is 0 Å². The van der Waals surface area contributed by atoms with Crippen LogP contribution in [-0.2, 0) is 19.1 Å². The second-order valence-electron chi connectivity index (χ2n) is 5.84. The minimum atomic E-state index is -0.940. The van der Waals surface area contributed by atoms with Gasteiger partial charge in [-0.25, -0.2) is 9.59 Å². The average Bonchev–Trinajstić information content (AvgIpc) is 2.88. The summed E-state index contributed by atoms with van der Waals surface area (Å²) in [4.78, 5) is 36.6. The number of hydrogen-bond acceptors (Lipinski definition) is 6. The summed E-state index contributed by atoms with van der Waals surface area (Å²) in [6, 6.07) is 3.56. The molecule has 0 aromatic heterocycles. The third kappa shape index (κ3) is 5.53. The third-order valence-electron chi connectivity index (χ3n) is 3.76. The van der Waals surface area contributed by atoms with Crippen LogP contribution in [0, 0.1) is 0 Å². The zero-order valence-electron chi connectivity index (χ0n) is 14.3. The van der Waals surface area contributed by atoms with Crippen LogP contribution in [0.1, 0.15) is 30.1 Å². The van der Waals surface area contributed by atoms with Crippen LogP contribution >= 0.6 is 35.0 Å². The minimum Gasteiger partial charge on any atom is -0.460 e. The van der Waals surface area contributed by atoms with Crippen molar-refractivity contribution in [3.8, 4) is 0 Å². The predicted molar refractivity (Wildman–Crippen MR) is 101 cm³/mol. The maximum Gasteiger partial charge on any atom is 0.347 e. The van der Waals surface area contributed by atoms with Crippen molar-refractivity contribution in [2.45, 2.75) is 38.0 Å². The molecule has 1 heterocycles. The molecular weight excluding hydrogens is 401 g/mol. The van der Waals surface area contributed by atoms with Gasteiger partial charge in [0.2, 0.25) is 6.10 Å². The van der Waals surface area contributed by atoms with E-state index >= 15 is 0 Å². The Morgan fingerprint density at radius 3 is 2.73 bits per heavy atom. The van der Waals surface area contributed by atoms with E-state index in [0.717, 1.165) is 0 Å². The van der Waals surface area contributed by atoms with E-state index in [4.69, 9.17) is 32.7 Å². The number of nitrogens with one attached hydrogen (secondary N) is 1. The molecule has 0 saturated carbocycles. The van der Waals surface area contributed by atoms with E-state index in [-0.39, 0.29) is 16.7 Å². The largest absolute Gasteiger partial charge is 0.460 e. The standard InChI is InChI=1S/C17H19Cl2NO5S/c1-9-7-14(17(23)24-9)25-16(22)13(5-6-26-2)20-15(21)11-4-3-10(18)8-12(11)19/h3-4,8-9,13-14H,5-7H2,1-2H3,(H,20,21). The lowest BCUT2D eigenvalue weighted by molar-refractivity contribution is -0.162. The van der Waals surface area contributed by atoms with Crippen LogP contribution in [0.5, 0.6) is 0 Å². The average molecular weight is 420 g/mol. The van der Waals surface area contributed by atoms with Gasteiger partial charge in [-0.05, 0) is 43.6 Å². The lowest BCUT2D eigenvalue weighted by Gasteiger charge is -2.19. The van der Waals surface area contributed by atoms with E-state index in [1.807, 2.05) is 6.26 Å². The van der Waals surface area contributed by atoms with E-state index in [1.54, 1.807) is 6.92 Å². The van der Waals surface area contributed by atoms with Gasteiger partial charge >= 0.3 is 11.9 Å². The van der Waals surface area contributed by atoms with Gasteiger partial charge < -0.3 is 14.8 Å². The molecule has 3 atom stereocenters. The van der Waals surface area contributed by atoms with Crippen molar-refractivity contribution < 1.29 is 23.9 Å². The molecule has 26 heavy (non-hydrogen) atoms. The van der Waals surface area contributed by atoms with Gasteiger partial charge in [-0.3, -0.25) is 4.79 Å². The Bertz CT molecular complexity index is 700. The number of thioether (sulfide) groups is 1. The monoisotopic (exact) mass is 419 g/mol. The molecule has 1 aromatic carbocycles. The van der Waals surface area contributed by atoms with E-state index in [1.165, 1.54) is 30.0 Å². The van der Waals surface area contributed by atoms with Gasteiger partial charge in [-0.2, -0.15) is 11.8 Å². The van der Waals surface area contributed by atoms with E-state index in [2.05, 4.69) is 5.32 Å². The molecule has 1 saturated heterocycles. The molecule has 1 aliphatic heterocycles. The number of rotatable bonds is 7. The number of amides is 1. The van der Waals surface area contributed by atoms with Crippen LogP contribution in [0.2, 0.25) is 10.0 Å². The molecule has 6 nitrogen and oxygen atoms in total. The van der Waals surface area contributed by atoms with Crippen molar-refractivity contribution in [2.75, 3.05) is 12.0 Å². The van der Waals surface area contributed by atoms with E-state index in [0.29, 0.717) is 23.6 Å². The van der Waals surface area contributed by atoms with Gasteiger partial charge in [0.15, 0.2) is 0 Å². The highest BCUT2D eigenvalue weighted by atomic mass is 35.5. The molecule has 1 amide bonds. The van der Waals surface area contributed by atoms with Gasteiger partial charge in [0.1, 0.15) is 12.1 Å². The Hall–Kier alpha value is -1.44. The molecule has 3 unspecified atom stereocenters. The minimum absolute atomic E-state index is 0.181. The second-order valence-corrected chi connectivity index (χ2v) is 7.67. The summed E-state index contributed by atoms with van der Waals surface area (Å²) in [7, 11) is 0. The Kier molecular flexibility index (Phi) is 7.61. The molecule has 2 rings (SSSR count). The summed E-state index contributed by atoms with van der Waals surface area (Å²) in [5, 5.41) is 3.20. The van der Waals surface area contributed by atoms with Crippen LogP contribution in [0.25, 0.3) is 0 Å². The fourth-order valence-corrected chi connectivity index (χ4v) is 3.40. The molecule has 0 spiro atoms. The first-order valence-electron chi connectivity index (χ1n) is 7.97. The van der Waals surface area contributed by atoms with Crippen molar-refractivity contribution in [1.29, 1.82) is 0 Å². The quantitative estimate of drug-likeness (QED) is 0.683. The molecule has 0 bridgehead atoms. The maximum absolute atomic E-state index is 12.5. The van der Waals surface area contributed by atoms with Gasteiger partial charge in [0.25, 0.3) is 5.91 Å². The predicted octanol–water partition coefficient (Wildman–Crippen LogP) is 3.09. The highest BCUT2D eigenvalue weighted by molar-refractivity contribution is 7.98. The van der Waals surface area contributed by atoms with E-state index in [9.17, 15) is 14.4 Å². The van der Waals surface area contributed by atoms with Gasteiger partial charge in [0, 0.05) is 11.4 Å². The molecule has 0 radical (unpaired) electrons. The topological polar surface area (TPSA) is 81.7 Å². The number of esters is 2. The number of benzene rings is 1. The summed E-state index contributed by atoms with van der Waals surface area (Å²) < 4.78 is 10.2. The number of ether oxygens (including phenoxy) is 2. The fourth-order valence-electron chi connectivity index (χ4n) is 2.43. The Morgan fingerprint density at radius 2 is 2.15 bits per heavy atom. The first kappa shape index (κ1) is 20.9. The fraction of sp³-hybridized carbons (Fsp3) is 0.471. The van der Waals surface area contributed by atoms with Crippen LogP contribution in [0.4, 0.5) is 0 Å². The SMILES string of the molecule is CSCCC(NC(=O)c1ccc(Cl)cc1Cl)C(=O)OC1CC(C)OC1=O. The smallest absolute Gasteiger partial charge is 0.347 e. The summed E-state index contributed by atoms with van der Waals surface area (Å²) in [5.41, 5.74) is 0.201. The maximum atomic E-state index is 12.5. The highest BCUT2D eigenvalue weighted by Crippen LogP contribution is 2.22. The lowest BCUT2D eigenvalue weighted by Crippen LogP contribution is -2.44. The van der Waals surface area contributed by atoms with Crippen LogP contribution in [0.3, 0.4) is 0 Å².